The van der Waals surface area contributed by atoms with Crippen LogP contribution >= 0.6 is 8.03 Å². The predicted molar refractivity (Wildman–Crippen MR) is 35.7 cm³/mol. The van der Waals surface area contributed by atoms with Crippen molar-refractivity contribution in [1.82, 2.24) is 0 Å². The van der Waals surface area contributed by atoms with E-state index in [2.05, 4.69) is 4.52 Å². The minimum absolute atomic E-state index is 1.15. The van der Waals surface area contributed by atoms with Gasteiger partial charge in [0.15, 0.2) is 0 Å². The van der Waals surface area contributed by atoms with Gasteiger partial charge in [-0.3, -0.25) is 9.36 Å². The van der Waals surface area contributed by atoms with Gasteiger partial charge in [-0.25, -0.2) is 4.79 Å². The van der Waals surface area contributed by atoms with Crippen LogP contribution in [0.15, 0.2) is 0 Å². The zero-order valence-corrected chi connectivity index (χ0v) is 6.58. The highest BCUT2D eigenvalue weighted by molar-refractivity contribution is 7.39. The number of ketones is 1. The van der Waals surface area contributed by atoms with E-state index in [0.29, 0.717) is 0 Å². The third kappa shape index (κ3) is 4.18. The minimum Gasteiger partial charge on any atom is -0.462 e. The lowest BCUT2D eigenvalue weighted by atomic mass is 10.4. The first-order valence-electron chi connectivity index (χ1n) is 2.49. The van der Waals surface area contributed by atoms with Gasteiger partial charge in [-0.1, -0.05) is 0 Å². The van der Waals surface area contributed by atoms with Gasteiger partial charge in [0.2, 0.25) is 8.03 Å². The largest absolute Gasteiger partial charge is 0.462 e. The predicted octanol–water partition coefficient (Wildman–Crippen LogP) is -0.463. The molecular formula is C5H5O5P. The van der Waals surface area contributed by atoms with Crippen LogP contribution in [-0.2, 0) is 18.7 Å². The molecule has 0 bridgehead atoms. The second kappa shape index (κ2) is 4.53. The number of aliphatic hydroxyl groups is 1. The highest BCUT2D eigenvalue weighted by Gasteiger charge is 2.13. The maximum Gasteiger partial charge on any atom is 0.393 e. The molecule has 0 saturated carbocycles. The van der Waals surface area contributed by atoms with Gasteiger partial charge in [0.25, 0.3) is 0 Å². The first-order valence-corrected chi connectivity index (χ1v) is 4.31. The van der Waals surface area contributed by atoms with Gasteiger partial charge in [-0.2, -0.15) is 0 Å². The van der Waals surface area contributed by atoms with E-state index in [4.69, 9.17) is 5.11 Å². The molecule has 11 heavy (non-hydrogen) atoms. The molecule has 0 saturated heterocycles. The Kier molecular flexibility index (Phi) is 4.01. The molecule has 6 heteroatoms. The first kappa shape index (κ1) is 9.73. The fourth-order valence-corrected chi connectivity index (χ4v) is 0.632. The lowest BCUT2D eigenvalue weighted by Gasteiger charge is -1.93. The van der Waals surface area contributed by atoms with E-state index >= 15 is 0 Å². The Morgan fingerprint density at radius 2 is 2.09 bits per heavy atom. The molecule has 0 radical (unpaired) electrons. The number of carbonyl (C=O) groups is 2. The van der Waals surface area contributed by atoms with Crippen LogP contribution in [0.2, 0.25) is 0 Å². The summed E-state index contributed by atoms with van der Waals surface area (Å²) in [5, 5.41) is 7.86. The molecule has 1 unspecified atom stereocenters. The normalized spacial score (nSPS) is 10.6. The summed E-state index contributed by atoms with van der Waals surface area (Å²) < 4.78 is 14.3. The molecule has 0 amide bonds. The van der Waals surface area contributed by atoms with E-state index in [1.165, 1.54) is 12.0 Å². The molecule has 0 fully saturated rings. The summed E-state index contributed by atoms with van der Waals surface area (Å²) >= 11 is 0. The zero-order chi connectivity index (χ0) is 8.85. The average Bonchev–Trinajstić information content (AvgIpc) is 1.86. The Morgan fingerprint density at radius 3 is 2.45 bits per heavy atom. The van der Waals surface area contributed by atoms with Crippen LogP contribution in [0.1, 0.15) is 0 Å². The number of rotatable bonds is 2. The molecule has 0 rings (SSSR count). The van der Waals surface area contributed by atoms with Crippen LogP contribution in [0.3, 0.4) is 0 Å². The smallest absolute Gasteiger partial charge is 0.393 e. The van der Waals surface area contributed by atoms with Gasteiger partial charge in [0, 0.05) is 12.6 Å². The molecule has 0 spiro atoms. The van der Waals surface area contributed by atoms with Crippen LogP contribution in [0.4, 0.5) is 0 Å². The van der Waals surface area contributed by atoms with Crippen LogP contribution in [0.25, 0.3) is 0 Å². The SMILES string of the molecule is C[PH](=O)OC(=O)C(=O)C#CO. The molecule has 0 aliphatic carbocycles. The Bertz CT molecular complexity index is 258. The second-order valence-corrected chi connectivity index (χ2v) is 2.63. The molecule has 0 aromatic carbocycles. The van der Waals surface area contributed by atoms with Gasteiger partial charge >= 0.3 is 11.8 Å². The average molecular weight is 176 g/mol. The summed E-state index contributed by atoms with van der Waals surface area (Å²) in [7, 11) is -2.47. The fraction of sp³-hybridized carbons (Fsp3) is 0.200. The Balaban J connectivity index is 4.12. The number of hydrogen-bond acceptors (Lipinski definition) is 5. The van der Waals surface area contributed by atoms with Crippen molar-refractivity contribution in [2.45, 2.75) is 0 Å². The molecule has 1 N–H and O–H groups in total. The summed E-state index contributed by atoms with van der Waals surface area (Å²) in [6.07, 6.45) is 1.23. The second-order valence-electron chi connectivity index (χ2n) is 1.45. The molecule has 1 atom stereocenters. The van der Waals surface area contributed by atoms with Crippen LogP contribution in [0, 0.1) is 12.0 Å². The van der Waals surface area contributed by atoms with E-state index in [1.807, 2.05) is 0 Å². The first-order chi connectivity index (χ1) is 5.07. The van der Waals surface area contributed by atoms with Gasteiger partial charge in [0.05, 0.1) is 0 Å². The van der Waals surface area contributed by atoms with Crippen LogP contribution < -0.4 is 0 Å². The van der Waals surface area contributed by atoms with Gasteiger partial charge in [-0.05, 0) is 0 Å². The molecule has 0 heterocycles. The van der Waals surface area contributed by atoms with E-state index in [-0.39, 0.29) is 0 Å². The summed E-state index contributed by atoms with van der Waals surface area (Å²) in [6, 6.07) is 0. The maximum absolute atomic E-state index is 10.4. The molecular weight excluding hydrogens is 171 g/mol. The van der Waals surface area contributed by atoms with Crippen LogP contribution in [-0.4, -0.2) is 23.5 Å². The van der Waals surface area contributed by atoms with E-state index < -0.39 is 19.8 Å². The van der Waals surface area contributed by atoms with Gasteiger partial charge < -0.3 is 9.63 Å². The highest BCUT2D eigenvalue weighted by atomic mass is 31.1. The molecule has 0 aromatic rings. The van der Waals surface area contributed by atoms with Crippen molar-refractivity contribution in [1.29, 1.82) is 0 Å². The van der Waals surface area contributed by atoms with Crippen molar-refractivity contribution in [2.75, 3.05) is 6.66 Å². The van der Waals surface area contributed by atoms with E-state index in [9.17, 15) is 14.2 Å². The number of aliphatic hydroxyl groups excluding tert-OH is 1. The van der Waals surface area contributed by atoms with Crippen molar-refractivity contribution in [3.63, 3.8) is 0 Å². The summed E-state index contributed by atoms with van der Waals surface area (Å²) in [4.78, 5) is 20.7. The van der Waals surface area contributed by atoms with Crippen molar-refractivity contribution in [3.8, 4) is 12.0 Å². The lowest BCUT2D eigenvalue weighted by molar-refractivity contribution is -0.143. The summed E-state index contributed by atoms with van der Waals surface area (Å²) in [5.41, 5.74) is 0. The fourth-order valence-electron chi connectivity index (χ4n) is 0.279. The minimum atomic E-state index is -2.47. The quantitative estimate of drug-likeness (QED) is 0.349. The monoisotopic (exact) mass is 176 g/mol. The van der Waals surface area contributed by atoms with E-state index in [1.54, 1.807) is 0 Å². The van der Waals surface area contributed by atoms with Crippen molar-refractivity contribution in [3.05, 3.63) is 0 Å². The molecule has 5 nitrogen and oxygen atoms in total. The lowest BCUT2D eigenvalue weighted by Crippen LogP contribution is -2.11. The topological polar surface area (TPSA) is 80.7 Å². The third-order valence-corrected chi connectivity index (χ3v) is 1.06. The summed E-state index contributed by atoms with van der Waals surface area (Å²) in [5.74, 6) is -1.00. The molecule has 0 aliphatic rings. The molecule has 60 valence electrons. The number of carbonyl (C=O) groups excluding carboxylic acids is 2. The van der Waals surface area contributed by atoms with E-state index in [0.717, 1.165) is 6.66 Å². The summed E-state index contributed by atoms with van der Waals surface area (Å²) in [6.45, 7) is 1.15. The highest BCUT2D eigenvalue weighted by Crippen LogP contribution is 2.14. The molecule has 0 aromatic heterocycles. The van der Waals surface area contributed by atoms with Gasteiger partial charge in [0.1, 0.15) is 6.11 Å². The Morgan fingerprint density at radius 1 is 1.55 bits per heavy atom. The van der Waals surface area contributed by atoms with Crippen molar-refractivity contribution in [2.24, 2.45) is 0 Å². The standard InChI is InChI=1S/C5H5O5P/c1-11(9)10-5(8)4(7)2-3-6/h6,11H,1H3. The van der Waals surface area contributed by atoms with Crippen molar-refractivity contribution < 1.29 is 23.8 Å². The Labute approximate surface area is 63.2 Å². The molecule has 0 aliphatic heterocycles. The number of Topliss-reactive ketones (excluding diaryl/α,β-unsaturated/α-hetero) is 1. The van der Waals surface area contributed by atoms with Gasteiger partial charge in [-0.15, -0.1) is 0 Å². The maximum atomic E-state index is 10.4. The van der Waals surface area contributed by atoms with Crippen LogP contribution in [0.5, 0.6) is 0 Å². The number of hydrogen-bond donors (Lipinski definition) is 1. The third-order valence-electron chi connectivity index (χ3n) is 0.591. The Hall–Kier alpha value is -1.27. The van der Waals surface area contributed by atoms with Crippen molar-refractivity contribution >= 4 is 19.8 Å². The zero-order valence-electron chi connectivity index (χ0n) is 5.58.